The molecule has 1 aliphatic rings. The molecule has 0 fully saturated rings. The second-order valence-corrected chi connectivity index (χ2v) is 7.80. The maximum absolute atomic E-state index is 12.2. The van der Waals surface area contributed by atoms with Crippen molar-refractivity contribution in [3.05, 3.63) is 17.0 Å². The number of aliphatic hydroxyl groups excluding tert-OH is 1. The number of nitrogens with one attached hydrogen (secondary N) is 2. The molecule has 0 unspecified atom stereocenters. The maximum Gasteiger partial charge on any atom is 0.342 e. The molecule has 0 spiro atoms. The van der Waals surface area contributed by atoms with Crippen LogP contribution in [0.15, 0.2) is 0 Å². The fourth-order valence-electron chi connectivity index (χ4n) is 2.33. The molecular formula is C19H36N4O4. The second kappa shape index (κ2) is 11.7. The average Bonchev–Trinajstić information content (AvgIpc) is 3.00. The average molecular weight is 385 g/mol. The van der Waals surface area contributed by atoms with E-state index in [1.54, 1.807) is 0 Å². The van der Waals surface area contributed by atoms with Gasteiger partial charge in [0.25, 0.3) is 0 Å². The third-order valence-corrected chi connectivity index (χ3v) is 3.40. The Bertz CT molecular complexity index is 601. The van der Waals surface area contributed by atoms with Gasteiger partial charge in [0.2, 0.25) is 5.91 Å². The van der Waals surface area contributed by atoms with Gasteiger partial charge in [0.05, 0.1) is 31.1 Å². The molecule has 156 valence electrons. The molecular weight excluding hydrogens is 348 g/mol. The number of rotatable bonds is 2. The Labute approximate surface area is 162 Å². The Morgan fingerprint density at radius 3 is 2.30 bits per heavy atom. The first-order valence-corrected chi connectivity index (χ1v) is 9.20. The predicted octanol–water partition coefficient (Wildman–Crippen LogP) is 1.83. The molecule has 8 nitrogen and oxygen atoms in total. The summed E-state index contributed by atoms with van der Waals surface area (Å²) in [5.41, 5.74) is 2.56. The van der Waals surface area contributed by atoms with Crippen LogP contribution in [0.1, 0.15) is 58.5 Å². The molecule has 0 aromatic carbocycles. The van der Waals surface area contributed by atoms with E-state index in [2.05, 4.69) is 57.3 Å². The van der Waals surface area contributed by atoms with E-state index in [1.807, 2.05) is 0 Å². The van der Waals surface area contributed by atoms with Crippen molar-refractivity contribution in [1.29, 1.82) is 0 Å². The lowest BCUT2D eigenvalue weighted by Gasteiger charge is -2.19. The number of carbonyl (C=O) groups excluding carboxylic acids is 2. The maximum atomic E-state index is 12.2. The number of ether oxygens (including phenoxy) is 1. The van der Waals surface area contributed by atoms with E-state index < -0.39 is 0 Å². The Morgan fingerprint density at radius 2 is 1.81 bits per heavy atom. The number of nitrogens with zero attached hydrogens (tertiary/aromatic N) is 2. The smallest absolute Gasteiger partial charge is 0.342 e. The summed E-state index contributed by atoms with van der Waals surface area (Å²) in [4.78, 5) is 23.5. The number of fused-ring (bicyclic) bond motifs is 1. The number of likely N-dealkylation sites (N-methyl/N-ethyl adjacent to an activating group) is 1. The molecule has 1 aliphatic heterocycles. The summed E-state index contributed by atoms with van der Waals surface area (Å²) < 4.78 is 6.87. The highest BCUT2D eigenvalue weighted by Gasteiger charge is 2.30. The standard InChI is InChI=1S/C14H22N4O3.C4H10.CH4O/c1-14(2,3)12-9-8-21-6-5-10(9)18(17-12)13(20)16-7-11(19)15-4;1-4(2)3;1-2/h5-8H2,1-4H3,(H,15,19)(H,16,20);4H,1-3H3;2H,1H3. The van der Waals surface area contributed by atoms with E-state index in [4.69, 9.17) is 9.84 Å². The van der Waals surface area contributed by atoms with E-state index in [0.717, 1.165) is 30.0 Å². The van der Waals surface area contributed by atoms with Crippen LogP contribution in [0.5, 0.6) is 0 Å². The number of amides is 2. The van der Waals surface area contributed by atoms with Gasteiger partial charge >= 0.3 is 6.03 Å². The van der Waals surface area contributed by atoms with Crippen LogP contribution in [0.3, 0.4) is 0 Å². The van der Waals surface area contributed by atoms with Gasteiger partial charge < -0.3 is 20.5 Å². The van der Waals surface area contributed by atoms with E-state index in [-0.39, 0.29) is 23.9 Å². The topological polar surface area (TPSA) is 105 Å². The van der Waals surface area contributed by atoms with Crippen molar-refractivity contribution >= 4 is 11.9 Å². The fraction of sp³-hybridized carbons (Fsp3) is 0.737. The first-order valence-electron chi connectivity index (χ1n) is 9.20. The van der Waals surface area contributed by atoms with Gasteiger partial charge in [-0.3, -0.25) is 4.79 Å². The van der Waals surface area contributed by atoms with E-state index in [1.165, 1.54) is 11.7 Å². The van der Waals surface area contributed by atoms with Crippen molar-refractivity contribution in [3.63, 3.8) is 0 Å². The first kappa shape index (κ1) is 25.1. The lowest BCUT2D eigenvalue weighted by molar-refractivity contribution is -0.119. The van der Waals surface area contributed by atoms with Gasteiger partial charge in [0.1, 0.15) is 0 Å². The quantitative estimate of drug-likeness (QED) is 0.721. The highest BCUT2D eigenvalue weighted by atomic mass is 16.5. The Kier molecular flexibility index (Phi) is 10.9. The summed E-state index contributed by atoms with van der Waals surface area (Å²) in [5.74, 6) is 0.587. The van der Waals surface area contributed by atoms with Crippen molar-refractivity contribution in [2.24, 2.45) is 5.92 Å². The van der Waals surface area contributed by atoms with Gasteiger partial charge in [0, 0.05) is 31.6 Å². The van der Waals surface area contributed by atoms with Crippen LogP contribution in [0.25, 0.3) is 0 Å². The third-order valence-electron chi connectivity index (χ3n) is 3.40. The molecule has 3 N–H and O–H groups in total. The van der Waals surface area contributed by atoms with Crippen molar-refractivity contribution in [2.45, 2.75) is 60.0 Å². The predicted molar refractivity (Wildman–Crippen MR) is 106 cm³/mol. The van der Waals surface area contributed by atoms with E-state index in [0.29, 0.717) is 19.6 Å². The van der Waals surface area contributed by atoms with E-state index in [9.17, 15) is 9.59 Å². The van der Waals surface area contributed by atoms with Crippen LogP contribution >= 0.6 is 0 Å². The molecule has 27 heavy (non-hydrogen) atoms. The van der Waals surface area contributed by atoms with Crippen molar-refractivity contribution in [2.75, 3.05) is 27.3 Å². The molecule has 0 saturated heterocycles. The Hall–Kier alpha value is -1.93. The first-order chi connectivity index (χ1) is 12.6. The second-order valence-electron chi connectivity index (χ2n) is 7.80. The lowest BCUT2D eigenvalue weighted by atomic mass is 9.88. The zero-order valence-electron chi connectivity index (χ0n) is 18.0. The third kappa shape index (κ3) is 8.09. The summed E-state index contributed by atoms with van der Waals surface area (Å²) in [5, 5.41) is 16.5. The SMILES string of the molecule is CC(C)C.CNC(=O)CNC(=O)n1nc(C(C)(C)C)c2c1CCOC2.CO. The summed E-state index contributed by atoms with van der Waals surface area (Å²) in [6, 6.07) is -0.382. The van der Waals surface area contributed by atoms with Gasteiger partial charge in [-0.05, 0) is 5.92 Å². The van der Waals surface area contributed by atoms with Crippen LogP contribution in [-0.4, -0.2) is 54.1 Å². The largest absolute Gasteiger partial charge is 0.400 e. The summed E-state index contributed by atoms with van der Waals surface area (Å²) in [6.45, 7) is 13.6. The molecule has 0 radical (unpaired) electrons. The number of aliphatic hydroxyl groups is 1. The number of hydrogen-bond donors (Lipinski definition) is 3. The molecule has 8 heteroatoms. The summed E-state index contributed by atoms with van der Waals surface area (Å²) in [6.07, 6.45) is 0.645. The highest BCUT2D eigenvalue weighted by Crippen LogP contribution is 2.30. The zero-order valence-corrected chi connectivity index (χ0v) is 18.0. The van der Waals surface area contributed by atoms with Gasteiger partial charge in [0.15, 0.2) is 0 Å². The molecule has 2 amide bonds. The summed E-state index contributed by atoms with van der Waals surface area (Å²) in [7, 11) is 2.53. The number of hydrogen-bond acceptors (Lipinski definition) is 5. The van der Waals surface area contributed by atoms with Crippen LogP contribution in [0.2, 0.25) is 0 Å². The van der Waals surface area contributed by atoms with Gasteiger partial charge in [-0.2, -0.15) is 9.78 Å². The van der Waals surface area contributed by atoms with Crippen LogP contribution < -0.4 is 10.6 Å². The minimum atomic E-state index is -0.382. The normalized spacial score (nSPS) is 12.8. The fourth-order valence-corrected chi connectivity index (χ4v) is 2.33. The molecule has 0 bridgehead atoms. The zero-order chi connectivity index (χ0) is 21.2. The van der Waals surface area contributed by atoms with E-state index >= 15 is 0 Å². The lowest BCUT2D eigenvalue weighted by Crippen LogP contribution is -2.38. The Balaban J connectivity index is 0.000000998. The molecule has 0 atom stereocenters. The highest BCUT2D eigenvalue weighted by molar-refractivity contribution is 5.84. The van der Waals surface area contributed by atoms with Crippen LogP contribution in [0.4, 0.5) is 4.79 Å². The van der Waals surface area contributed by atoms with Crippen LogP contribution in [-0.2, 0) is 28.0 Å². The van der Waals surface area contributed by atoms with Gasteiger partial charge in [-0.1, -0.05) is 41.5 Å². The molecule has 1 aromatic rings. The van der Waals surface area contributed by atoms with Crippen molar-refractivity contribution < 1.29 is 19.4 Å². The monoisotopic (exact) mass is 384 g/mol. The number of aromatic nitrogens is 2. The van der Waals surface area contributed by atoms with Crippen molar-refractivity contribution in [3.8, 4) is 0 Å². The number of carbonyl (C=O) groups is 2. The molecule has 0 aliphatic carbocycles. The minimum Gasteiger partial charge on any atom is -0.400 e. The summed E-state index contributed by atoms with van der Waals surface area (Å²) >= 11 is 0. The Morgan fingerprint density at radius 1 is 1.26 bits per heavy atom. The molecule has 0 saturated carbocycles. The van der Waals surface area contributed by atoms with Gasteiger partial charge in [-0.15, -0.1) is 0 Å². The van der Waals surface area contributed by atoms with Gasteiger partial charge in [-0.25, -0.2) is 4.79 Å². The molecule has 1 aromatic heterocycles. The molecule has 2 heterocycles. The minimum absolute atomic E-state index is 0.0642. The van der Waals surface area contributed by atoms with Crippen LogP contribution in [0, 0.1) is 5.92 Å². The molecule has 2 rings (SSSR count). The van der Waals surface area contributed by atoms with Crippen molar-refractivity contribution in [1.82, 2.24) is 20.4 Å².